The maximum absolute atomic E-state index is 12.5. The van der Waals surface area contributed by atoms with Crippen LogP contribution in [0.4, 0.5) is 0 Å². The summed E-state index contributed by atoms with van der Waals surface area (Å²) < 4.78 is 11.0. The number of morpholine rings is 1. The highest BCUT2D eigenvalue weighted by molar-refractivity contribution is 5.77. The summed E-state index contributed by atoms with van der Waals surface area (Å²) in [6, 6.07) is 17.7. The molecule has 2 amide bonds. The second-order valence-corrected chi connectivity index (χ2v) is 7.41. The molecule has 6 heteroatoms. The second kappa shape index (κ2) is 11.4. The number of ether oxygens (including phenoxy) is 2. The quantitative estimate of drug-likeness (QED) is 0.645. The molecular formula is C24H30N2O4. The van der Waals surface area contributed by atoms with E-state index >= 15 is 0 Å². The molecule has 1 heterocycles. The number of nitrogens with zero attached hydrogens (tertiary/aromatic N) is 1. The minimum absolute atomic E-state index is 0.00813. The van der Waals surface area contributed by atoms with E-state index in [2.05, 4.69) is 5.32 Å². The topological polar surface area (TPSA) is 67.9 Å². The smallest absolute Gasteiger partial charge is 0.222 e. The zero-order valence-electron chi connectivity index (χ0n) is 17.5. The fourth-order valence-corrected chi connectivity index (χ4v) is 3.51. The Labute approximate surface area is 178 Å². The number of amides is 2. The average Bonchev–Trinajstić information content (AvgIpc) is 2.81. The Morgan fingerprint density at radius 3 is 2.60 bits per heavy atom. The monoisotopic (exact) mass is 410 g/mol. The van der Waals surface area contributed by atoms with Gasteiger partial charge in [-0.2, -0.15) is 0 Å². The lowest BCUT2D eigenvalue weighted by molar-refractivity contribution is -0.139. The molecule has 1 N–H and O–H groups in total. The molecule has 0 saturated carbocycles. The van der Waals surface area contributed by atoms with Gasteiger partial charge in [0.25, 0.3) is 0 Å². The van der Waals surface area contributed by atoms with Gasteiger partial charge in [-0.05, 0) is 36.1 Å². The van der Waals surface area contributed by atoms with E-state index in [1.807, 2.05) is 59.5 Å². The van der Waals surface area contributed by atoms with Crippen LogP contribution in [0, 0.1) is 0 Å². The predicted molar refractivity (Wildman–Crippen MR) is 115 cm³/mol. The molecule has 1 aliphatic rings. The zero-order chi connectivity index (χ0) is 21.2. The molecular weight excluding hydrogens is 380 g/mol. The minimum Gasteiger partial charge on any atom is -0.497 e. The summed E-state index contributed by atoms with van der Waals surface area (Å²) in [7, 11) is 1.63. The Morgan fingerprint density at radius 2 is 1.87 bits per heavy atom. The summed E-state index contributed by atoms with van der Waals surface area (Å²) in [5.74, 6) is 0.934. The van der Waals surface area contributed by atoms with Gasteiger partial charge >= 0.3 is 0 Å². The molecule has 0 radical (unpaired) electrons. The normalized spacial score (nSPS) is 16.2. The van der Waals surface area contributed by atoms with Crippen LogP contribution in [0.15, 0.2) is 54.6 Å². The van der Waals surface area contributed by atoms with Gasteiger partial charge in [0.05, 0.1) is 20.3 Å². The van der Waals surface area contributed by atoms with Gasteiger partial charge in [0.2, 0.25) is 11.8 Å². The van der Waals surface area contributed by atoms with Crippen molar-refractivity contribution in [3.8, 4) is 5.75 Å². The number of hydrogen-bond donors (Lipinski definition) is 1. The number of hydrogen-bond acceptors (Lipinski definition) is 4. The second-order valence-electron chi connectivity index (χ2n) is 7.41. The molecule has 1 fully saturated rings. The lowest BCUT2D eigenvalue weighted by Crippen LogP contribution is -2.42. The third kappa shape index (κ3) is 6.59. The third-order valence-electron chi connectivity index (χ3n) is 5.28. The Balaban J connectivity index is 1.32. The molecule has 2 aromatic rings. The van der Waals surface area contributed by atoms with Gasteiger partial charge in [-0.25, -0.2) is 0 Å². The Hall–Kier alpha value is -2.86. The standard InChI is InChI=1S/C24H30N2O4/c1-29-21-12-9-19(10-13-21)11-14-23(27)25-15-5-8-24(28)26-16-17-30-22(18-26)20-6-3-2-4-7-20/h2-4,6-7,9-10,12-13,22H,5,8,11,14-18H2,1H3,(H,25,27). The minimum atomic E-state index is -0.0680. The van der Waals surface area contributed by atoms with Crippen LogP contribution in [-0.2, 0) is 20.7 Å². The van der Waals surface area contributed by atoms with Crippen molar-refractivity contribution < 1.29 is 19.1 Å². The van der Waals surface area contributed by atoms with E-state index < -0.39 is 0 Å². The first-order valence-corrected chi connectivity index (χ1v) is 10.5. The molecule has 2 aromatic carbocycles. The van der Waals surface area contributed by atoms with Gasteiger partial charge in [-0.1, -0.05) is 42.5 Å². The first-order chi connectivity index (χ1) is 14.7. The Bertz CT molecular complexity index is 808. The largest absolute Gasteiger partial charge is 0.497 e. The van der Waals surface area contributed by atoms with E-state index in [1.165, 1.54) is 0 Å². The molecule has 0 bridgehead atoms. The molecule has 1 saturated heterocycles. The van der Waals surface area contributed by atoms with E-state index in [4.69, 9.17) is 9.47 Å². The molecule has 30 heavy (non-hydrogen) atoms. The van der Waals surface area contributed by atoms with Crippen molar-refractivity contribution in [1.29, 1.82) is 0 Å². The number of nitrogens with one attached hydrogen (secondary N) is 1. The summed E-state index contributed by atoms with van der Waals surface area (Å²) in [4.78, 5) is 26.4. The molecule has 3 rings (SSSR count). The van der Waals surface area contributed by atoms with E-state index in [0.29, 0.717) is 51.9 Å². The molecule has 160 valence electrons. The highest BCUT2D eigenvalue weighted by Gasteiger charge is 2.24. The maximum atomic E-state index is 12.5. The van der Waals surface area contributed by atoms with Crippen molar-refractivity contribution >= 4 is 11.8 Å². The van der Waals surface area contributed by atoms with Crippen LogP contribution in [0.25, 0.3) is 0 Å². The molecule has 6 nitrogen and oxygen atoms in total. The highest BCUT2D eigenvalue weighted by Crippen LogP contribution is 2.22. The Morgan fingerprint density at radius 1 is 1.10 bits per heavy atom. The van der Waals surface area contributed by atoms with Gasteiger partial charge in [-0.15, -0.1) is 0 Å². The van der Waals surface area contributed by atoms with E-state index in [1.54, 1.807) is 7.11 Å². The van der Waals surface area contributed by atoms with Crippen molar-refractivity contribution in [3.63, 3.8) is 0 Å². The van der Waals surface area contributed by atoms with Crippen LogP contribution in [0.1, 0.15) is 36.5 Å². The number of carbonyl (C=O) groups is 2. The maximum Gasteiger partial charge on any atom is 0.222 e. The third-order valence-corrected chi connectivity index (χ3v) is 5.28. The lowest BCUT2D eigenvalue weighted by atomic mass is 10.1. The van der Waals surface area contributed by atoms with Gasteiger partial charge in [-0.3, -0.25) is 9.59 Å². The van der Waals surface area contributed by atoms with Crippen LogP contribution >= 0.6 is 0 Å². The van der Waals surface area contributed by atoms with Crippen LogP contribution < -0.4 is 10.1 Å². The summed E-state index contributed by atoms with van der Waals surface area (Å²) in [6.07, 6.45) is 2.12. The summed E-state index contributed by atoms with van der Waals surface area (Å²) in [6.45, 7) is 2.26. The SMILES string of the molecule is COc1ccc(CCC(=O)NCCCC(=O)N2CCOC(c3ccccc3)C2)cc1. The molecule has 1 atom stereocenters. The number of aryl methyl sites for hydroxylation is 1. The predicted octanol–water partition coefficient (Wildman–Crippen LogP) is 3.12. The van der Waals surface area contributed by atoms with Crippen LogP contribution in [0.2, 0.25) is 0 Å². The van der Waals surface area contributed by atoms with Crippen molar-refractivity contribution in [2.24, 2.45) is 0 Å². The fraction of sp³-hybridized carbons (Fsp3) is 0.417. The van der Waals surface area contributed by atoms with Crippen molar-refractivity contribution in [2.45, 2.75) is 31.8 Å². The molecule has 1 unspecified atom stereocenters. The van der Waals surface area contributed by atoms with Gasteiger partial charge in [0.15, 0.2) is 0 Å². The number of methoxy groups -OCH3 is 1. The first kappa shape index (κ1) is 21.8. The summed E-state index contributed by atoms with van der Waals surface area (Å²) >= 11 is 0. The summed E-state index contributed by atoms with van der Waals surface area (Å²) in [5.41, 5.74) is 2.19. The molecule has 0 spiro atoms. The number of carbonyl (C=O) groups excluding carboxylic acids is 2. The van der Waals surface area contributed by atoms with Gasteiger partial charge < -0.3 is 19.7 Å². The first-order valence-electron chi connectivity index (χ1n) is 10.5. The fourth-order valence-electron chi connectivity index (χ4n) is 3.51. The van der Waals surface area contributed by atoms with Crippen molar-refractivity contribution in [1.82, 2.24) is 10.2 Å². The van der Waals surface area contributed by atoms with E-state index in [9.17, 15) is 9.59 Å². The van der Waals surface area contributed by atoms with Crippen LogP contribution in [0.5, 0.6) is 5.75 Å². The van der Waals surface area contributed by atoms with E-state index in [0.717, 1.165) is 16.9 Å². The highest BCUT2D eigenvalue weighted by atomic mass is 16.5. The Kier molecular flexibility index (Phi) is 8.27. The molecule has 1 aliphatic heterocycles. The van der Waals surface area contributed by atoms with Crippen molar-refractivity contribution in [3.05, 3.63) is 65.7 Å². The average molecular weight is 411 g/mol. The summed E-state index contributed by atoms with van der Waals surface area (Å²) in [5, 5.41) is 2.91. The number of benzene rings is 2. The van der Waals surface area contributed by atoms with Crippen LogP contribution in [0.3, 0.4) is 0 Å². The van der Waals surface area contributed by atoms with Crippen LogP contribution in [-0.4, -0.2) is 50.1 Å². The van der Waals surface area contributed by atoms with Gasteiger partial charge in [0.1, 0.15) is 11.9 Å². The molecule has 0 aromatic heterocycles. The molecule has 0 aliphatic carbocycles. The van der Waals surface area contributed by atoms with E-state index in [-0.39, 0.29) is 17.9 Å². The number of rotatable bonds is 9. The zero-order valence-corrected chi connectivity index (χ0v) is 17.5. The lowest BCUT2D eigenvalue weighted by Gasteiger charge is -2.33. The van der Waals surface area contributed by atoms with Crippen molar-refractivity contribution in [2.75, 3.05) is 33.4 Å². The van der Waals surface area contributed by atoms with Gasteiger partial charge in [0, 0.05) is 25.9 Å².